The van der Waals surface area contributed by atoms with Gasteiger partial charge in [-0.2, -0.15) is 0 Å². The Balaban J connectivity index is 4.00. The highest BCUT2D eigenvalue weighted by molar-refractivity contribution is 5.71. The van der Waals surface area contributed by atoms with E-state index < -0.39 is 6.10 Å². The molecule has 0 aromatic carbocycles. The SMILES string of the molecule is CC/C=C\C/C=C\C/C=C\C/C=C\C/C=C\C/C=C\C/C=C\C/C=C\CCCCCCCCCCCCC(=O)OCC(COC(=O)CCCCCCCC)OC(=O)CCCCCCC/C=C\CCC. The van der Waals surface area contributed by atoms with E-state index in [0.717, 1.165) is 128 Å². The Morgan fingerprint density at radius 3 is 0.957 bits per heavy atom. The molecule has 0 fully saturated rings. The molecule has 0 saturated heterocycles. The molecule has 0 rings (SSSR count). The summed E-state index contributed by atoms with van der Waals surface area (Å²) in [6.07, 6.45) is 77.0. The second kappa shape index (κ2) is 56.7. The van der Waals surface area contributed by atoms with Crippen molar-refractivity contribution in [2.45, 2.75) is 258 Å². The molecule has 0 N–H and O–H groups in total. The molecular weight excluding hydrogens is 853 g/mol. The molecule has 1 unspecified atom stereocenters. The maximum atomic E-state index is 12.7. The lowest BCUT2D eigenvalue weighted by Gasteiger charge is -2.18. The molecule has 0 spiro atoms. The van der Waals surface area contributed by atoms with Crippen LogP contribution in [0.3, 0.4) is 0 Å². The van der Waals surface area contributed by atoms with E-state index in [2.05, 4.69) is 130 Å². The van der Waals surface area contributed by atoms with Crippen LogP contribution in [0.2, 0.25) is 0 Å². The van der Waals surface area contributed by atoms with Crippen molar-refractivity contribution in [3.8, 4) is 0 Å². The standard InChI is InChI=1S/C63H104O6/c1-4-7-10-13-16-18-20-21-22-23-24-25-26-27-28-29-30-31-32-33-34-35-36-37-38-39-40-41-42-43-44-46-47-50-53-56-62(65)68-59-60(58-67-61(64)55-52-49-15-12-9-6-3)69-63(66)57-54-51-48-45-19-17-14-11-8-5-2/h7,10-11,14,16,18,21-22,24-25,27-28,30-31,33-34,36-37,60H,4-6,8-9,12-13,15,17,19-20,23,26,29,32,35,38-59H2,1-3H3/b10-7-,14-11-,18-16-,22-21-,25-24-,28-27-,31-30-,34-33-,37-36-. The first-order chi connectivity index (χ1) is 34.0. The second-order valence-electron chi connectivity index (χ2n) is 18.5. The smallest absolute Gasteiger partial charge is 0.306 e. The average molecular weight is 958 g/mol. The molecule has 0 radical (unpaired) electrons. The Hall–Kier alpha value is -3.93. The molecule has 0 aliphatic heterocycles. The van der Waals surface area contributed by atoms with E-state index in [1.54, 1.807) is 0 Å². The van der Waals surface area contributed by atoms with Gasteiger partial charge in [-0.3, -0.25) is 14.4 Å². The Bertz CT molecular complexity index is 1420. The summed E-state index contributed by atoms with van der Waals surface area (Å²) in [4.78, 5) is 37.7. The molecule has 0 aliphatic carbocycles. The van der Waals surface area contributed by atoms with Gasteiger partial charge in [-0.15, -0.1) is 0 Å². The predicted molar refractivity (Wildman–Crippen MR) is 297 cm³/mol. The van der Waals surface area contributed by atoms with Gasteiger partial charge >= 0.3 is 17.9 Å². The van der Waals surface area contributed by atoms with Gasteiger partial charge in [0.2, 0.25) is 0 Å². The van der Waals surface area contributed by atoms with Gasteiger partial charge < -0.3 is 14.2 Å². The Labute approximate surface area is 425 Å². The van der Waals surface area contributed by atoms with Crippen molar-refractivity contribution in [1.82, 2.24) is 0 Å². The van der Waals surface area contributed by atoms with Crippen LogP contribution in [0.5, 0.6) is 0 Å². The monoisotopic (exact) mass is 957 g/mol. The maximum absolute atomic E-state index is 12.7. The molecule has 0 amide bonds. The number of allylic oxidation sites excluding steroid dienone is 18. The lowest BCUT2D eigenvalue weighted by atomic mass is 10.1. The minimum atomic E-state index is -0.778. The van der Waals surface area contributed by atoms with E-state index in [1.165, 1.54) is 83.5 Å². The van der Waals surface area contributed by atoms with E-state index in [0.29, 0.717) is 19.3 Å². The normalized spacial score (nSPS) is 12.9. The molecular formula is C63H104O6. The van der Waals surface area contributed by atoms with Gasteiger partial charge in [0.15, 0.2) is 6.10 Å². The summed E-state index contributed by atoms with van der Waals surface area (Å²) < 4.78 is 16.7. The van der Waals surface area contributed by atoms with Crippen LogP contribution < -0.4 is 0 Å². The van der Waals surface area contributed by atoms with E-state index in [-0.39, 0.29) is 31.1 Å². The van der Waals surface area contributed by atoms with Crippen molar-refractivity contribution in [3.05, 3.63) is 109 Å². The molecule has 0 aromatic rings. The van der Waals surface area contributed by atoms with Crippen molar-refractivity contribution in [1.29, 1.82) is 0 Å². The van der Waals surface area contributed by atoms with Crippen LogP contribution in [0.1, 0.15) is 252 Å². The van der Waals surface area contributed by atoms with Gasteiger partial charge in [0.1, 0.15) is 13.2 Å². The third kappa shape index (κ3) is 54.9. The highest BCUT2D eigenvalue weighted by Crippen LogP contribution is 2.14. The highest BCUT2D eigenvalue weighted by atomic mass is 16.6. The van der Waals surface area contributed by atoms with Crippen LogP contribution in [-0.4, -0.2) is 37.2 Å². The van der Waals surface area contributed by atoms with Gasteiger partial charge in [-0.1, -0.05) is 239 Å². The summed E-state index contributed by atoms with van der Waals surface area (Å²) in [5, 5.41) is 0. The number of rotatable bonds is 50. The Kier molecular flexibility index (Phi) is 53.4. The van der Waals surface area contributed by atoms with Crippen molar-refractivity contribution >= 4 is 17.9 Å². The largest absolute Gasteiger partial charge is 0.462 e. The number of carbonyl (C=O) groups is 3. The van der Waals surface area contributed by atoms with E-state index >= 15 is 0 Å². The van der Waals surface area contributed by atoms with E-state index in [4.69, 9.17) is 14.2 Å². The van der Waals surface area contributed by atoms with Gasteiger partial charge in [0, 0.05) is 19.3 Å². The molecule has 0 heterocycles. The molecule has 0 bridgehead atoms. The van der Waals surface area contributed by atoms with Crippen LogP contribution in [0.15, 0.2) is 109 Å². The fourth-order valence-electron chi connectivity index (χ4n) is 7.52. The number of unbranched alkanes of at least 4 members (excludes halogenated alkanes) is 21. The van der Waals surface area contributed by atoms with E-state index in [9.17, 15) is 14.4 Å². The maximum Gasteiger partial charge on any atom is 0.306 e. The van der Waals surface area contributed by atoms with Gasteiger partial charge in [0.25, 0.3) is 0 Å². The summed E-state index contributed by atoms with van der Waals surface area (Å²) in [5.41, 5.74) is 0. The lowest BCUT2D eigenvalue weighted by Crippen LogP contribution is -2.30. The highest BCUT2D eigenvalue weighted by Gasteiger charge is 2.19. The molecule has 0 aliphatic rings. The van der Waals surface area contributed by atoms with Crippen LogP contribution in [-0.2, 0) is 28.6 Å². The summed E-state index contributed by atoms with van der Waals surface area (Å²) in [6.45, 7) is 6.38. The molecule has 0 saturated carbocycles. The second-order valence-corrected chi connectivity index (χ2v) is 18.5. The number of esters is 3. The first-order valence-corrected chi connectivity index (χ1v) is 28.4. The predicted octanol–water partition coefficient (Wildman–Crippen LogP) is 19.1. The first-order valence-electron chi connectivity index (χ1n) is 28.4. The quantitative estimate of drug-likeness (QED) is 0.0262. The minimum Gasteiger partial charge on any atom is -0.462 e. The fraction of sp³-hybridized carbons (Fsp3) is 0.667. The number of carbonyl (C=O) groups excluding carboxylic acids is 3. The van der Waals surface area contributed by atoms with Crippen LogP contribution in [0.4, 0.5) is 0 Å². The molecule has 69 heavy (non-hydrogen) atoms. The number of hydrogen-bond donors (Lipinski definition) is 0. The number of hydrogen-bond acceptors (Lipinski definition) is 6. The first kappa shape index (κ1) is 65.1. The molecule has 6 nitrogen and oxygen atoms in total. The van der Waals surface area contributed by atoms with Crippen LogP contribution in [0, 0.1) is 0 Å². The Morgan fingerprint density at radius 2 is 0.594 bits per heavy atom. The van der Waals surface area contributed by atoms with Crippen molar-refractivity contribution in [3.63, 3.8) is 0 Å². The van der Waals surface area contributed by atoms with Crippen molar-refractivity contribution in [2.75, 3.05) is 13.2 Å². The molecule has 0 aromatic heterocycles. The average Bonchev–Trinajstić information content (AvgIpc) is 3.35. The van der Waals surface area contributed by atoms with Crippen molar-refractivity contribution < 1.29 is 28.6 Å². The zero-order valence-corrected chi connectivity index (χ0v) is 44.8. The van der Waals surface area contributed by atoms with E-state index in [1.807, 2.05) is 0 Å². The summed E-state index contributed by atoms with van der Waals surface area (Å²) in [6, 6.07) is 0. The number of ether oxygens (including phenoxy) is 3. The zero-order valence-electron chi connectivity index (χ0n) is 44.8. The van der Waals surface area contributed by atoms with Gasteiger partial charge in [0.05, 0.1) is 0 Å². The van der Waals surface area contributed by atoms with Gasteiger partial charge in [-0.25, -0.2) is 0 Å². The minimum absolute atomic E-state index is 0.0819. The third-order valence-electron chi connectivity index (χ3n) is 11.7. The summed E-state index contributed by atoms with van der Waals surface area (Å²) in [7, 11) is 0. The molecule has 6 heteroatoms. The van der Waals surface area contributed by atoms with Crippen molar-refractivity contribution in [2.24, 2.45) is 0 Å². The summed E-state index contributed by atoms with van der Waals surface area (Å²) >= 11 is 0. The Morgan fingerprint density at radius 1 is 0.304 bits per heavy atom. The summed E-state index contributed by atoms with van der Waals surface area (Å²) in [5.74, 6) is -0.911. The zero-order chi connectivity index (χ0) is 50.0. The van der Waals surface area contributed by atoms with Gasteiger partial charge in [-0.05, 0) is 103 Å². The third-order valence-corrected chi connectivity index (χ3v) is 11.7. The topological polar surface area (TPSA) is 78.9 Å². The van der Waals surface area contributed by atoms with Crippen LogP contribution >= 0.6 is 0 Å². The van der Waals surface area contributed by atoms with Crippen LogP contribution in [0.25, 0.3) is 0 Å². The molecule has 392 valence electrons. The lowest BCUT2D eigenvalue weighted by molar-refractivity contribution is -0.167. The fourth-order valence-corrected chi connectivity index (χ4v) is 7.52. The molecule has 1 atom stereocenters.